The van der Waals surface area contributed by atoms with E-state index >= 15 is 0 Å². The number of aromatic nitrogens is 2. The van der Waals surface area contributed by atoms with Gasteiger partial charge in [0, 0.05) is 32.4 Å². The topological polar surface area (TPSA) is 75.2 Å². The van der Waals surface area contributed by atoms with Gasteiger partial charge in [0.2, 0.25) is 16.9 Å². The summed E-state index contributed by atoms with van der Waals surface area (Å²) in [5.74, 6) is 0.975. The summed E-state index contributed by atoms with van der Waals surface area (Å²) in [6.45, 7) is 8.04. The molecule has 23 heavy (non-hydrogen) atoms. The standard InChI is InChI=1S/C16H26N4O2S/c1-4-5-14-18-19-16(23-14)17-13(21)6-7-15(22)20-9-11(2)8-12(3)10-20/h11-12H,4-10H2,1-3H3,(H,17,19,21)/t11-,12+. The Morgan fingerprint density at radius 2 is 1.91 bits per heavy atom. The van der Waals surface area contributed by atoms with Crippen molar-refractivity contribution in [1.82, 2.24) is 15.1 Å². The van der Waals surface area contributed by atoms with Crippen molar-refractivity contribution in [1.29, 1.82) is 0 Å². The molecular formula is C16H26N4O2S. The van der Waals surface area contributed by atoms with Crippen molar-refractivity contribution in [2.24, 2.45) is 11.8 Å². The summed E-state index contributed by atoms with van der Waals surface area (Å²) in [4.78, 5) is 26.1. The first-order chi connectivity index (χ1) is 11.0. The first kappa shape index (κ1) is 17.8. The lowest BCUT2D eigenvalue weighted by Gasteiger charge is -2.35. The molecule has 1 aromatic heterocycles. The largest absolute Gasteiger partial charge is 0.342 e. The summed E-state index contributed by atoms with van der Waals surface area (Å²) in [5.41, 5.74) is 0. The maximum Gasteiger partial charge on any atom is 0.226 e. The van der Waals surface area contributed by atoms with E-state index < -0.39 is 0 Å². The van der Waals surface area contributed by atoms with Gasteiger partial charge in [-0.25, -0.2) is 0 Å². The van der Waals surface area contributed by atoms with Crippen LogP contribution in [0.15, 0.2) is 0 Å². The van der Waals surface area contributed by atoms with Gasteiger partial charge in [-0.1, -0.05) is 32.1 Å². The molecule has 2 heterocycles. The lowest BCUT2D eigenvalue weighted by Crippen LogP contribution is -2.42. The molecule has 1 N–H and O–H groups in total. The predicted molar refractivity (Wildman–Crippen MR) is 91.3 cm³/mol. The molecule has 128 valence electrons. The van der Waals surface area contributed by atoms with Crippen molar-refractivity contribution in [2.75, 3.05) is 18.4 Å². The summed E-state index contributed by atoms with van der Waals surface area (Å²) in [6, 6.07) is 0. The highest BCUT2D eigenvalue weighted by Gasteiger charge is 2.25. The number of rotatable bonds is 6. The number of piperidine rings is 1. The highest BCUT2D eigenvalue weighted by atomic mass is 32.1. The summed E-state index contributed by atoms with van der Waals surface area (Å²) in [5, 5.41) is 12.2. The molecule has 0 spiro atoms. The van der Waals surface area contributed by atoms with Gasteiger partial charge < -0.3 is 10.2 Å². The molecule has 1 aromatic rings. The zero-order valence-electron chi connectivity index (χ0n) is 14.2. The lowest BCUT2D eigenvalue weighted by atomic mass is 9.91. The number of anilines is 1. The molecule has 1 aliphatic rings. The monoisotopic (exact) mass is 338 g/mol. The van der Waals surface area contributed by atoms with Crippen LogP contribution in [0.4, 0.5) is 5.13 Å². The van der Waals surface area contributed by atoms with Crippen molar-refractivity contribution < 1.29 is 9.59 Å². The fourth-order valence-corrected chi connectivity index (χ4v) is 3.90. The average Bonchev–Trinajstić information content (AvgIpc) is 2.91. The number of hydrogen-bond donors (Lipinski definition) is 1. The Balaban J connectivity index is 1.75. The van der Waals surface area contributed by atoms with Crippen LogP contribution < -0.4 is 5.32 Å². The quantitative estimate of drug-likeness (QED) is 0.865. The highest BCUT2D eigenvalue weighted by molar-refractivity contribution is 7.15. The first-order valence-electron chi connectivity index (χ1n) is 8.38. The number of hydrogen-bond acceptors (Lipinski definition) is 5. The molecular weight excluding hydrogens is 312 g/mol. The third-order valence-corrected chi connectivity index (χ3v) is 4.86. The SMILES string of the molecule is CCCc1nnc(NC(=O)CCC(=O)N2C[C@H](C)C[C@H](C)C2)s1. The van der Waals surface area contributed by atoms with E-state index in [1.165, 1.54) is 17.8 Å². The molecule has 2 amide bonds. The van der Waals surface area contributed by atoms with Gasteiger partial charge in [-0.2, -0.15) is 0 Å². The molecule has 0 aromatic carbocycles. The Hall–Kier alpha value is -1.50. The molecule has 6 nitrogen and oxygen atoms in total. The lowest BCUT2D eigenvalue weighted by molar-refractivity contribution is -0.135. The summed E-state index contributed by atoms with van der Waals surface area (Å²) < 4.78 is 0. The van der Waals surface area contributed by atoms with Gasteiger partial charge in [-0.3, -0.25) is 9.59 Å². The van der Waals surface area contributed by atoms with E-state index in [1.807, 2.05) is 4.90 Å². The fourth-order valence-electron chi connectivity index (χ4n) is 3.05. The van der Waals surface area contributed by atoms with Gasteiger partial charge in [0.1, 0.15) is 5.01 Å². The normalized spacial score (nSPS) is 21.3. The van der Waals surface area contributed by atoms with Crippen LogP contribution in [0.1, 0.15) is 51.5 Å². The second-order valence-electron chi connectivity index (χ2n) is 6.54. The second kappa shape index (κ2) is 8.38. The van der Waals surface area contributed by atoms with Crippen molar-refractivity contribution >= 4 is 28.3 Å². The zero-order chi connectivity index (χ0) is 16.8. The summed E-state index contributed by atoms with van der Waals surface area (Å²) >= 11 is 1.40. The average molecular weight is 338 g/mol. The Morgan fingerprint density at radius 3 is 2.57 bits per heavy atom. The smallest absolute Gasteiger partial charge is 0.226 e. The molecule has 0 saturated carbocycles. The van der Waals surface area contributed by atoms with Crippen LogP contribution >= 0.6 is 11.3 Å². The number of nitrogens with one attached hydrogen (secondary N) is 1. The van der Waals surface area contributed by atoms with E-state index in [4.69, 9.17) is 0 Å². The third-order valence-electron chi connectivity index (χ3n) is 3.96. The molecule has 0 aliphatic carbocycles. The van der Waals surface area contributed by atoms with Gasteiger partial charge in [0.15, 0.2) is 0 Å². The number of likely N-dealkylation sites (tertiary alicyclic amines) is 1. The third kappa shape index (κ3) is 5.57. The van der Waals surface area contributed by atoms with Crippen molar-refractivity contribution in [3.8, 4) is 0 Å². The Morgan fingerprint density at radius 1 is 1.22 bits per heavy atom. The van der Waals surface area contributed by atoms with Crippen LogP contribution in [0.25, 0.3) is 0 Å². The molecule has 0 bridgehead atoms. The molecule has 1 aliphatic heterocycles. The first-order valence-corrected chi connectivity index (χ1v) is 9.19. The van der Waals surface area contributed by atoms with Gasteiger partial charge >= 0.3 is 0 Å². The molecule has 1 fully saturated rings. The van der Waals surface area contributed by atoms with Crippen molar-refractivity contribution in [3.63, 3.8) is 0 Å². The maximum absolute atomic E-state index is 12.3. The van der Waals surface area contributed by atoms with Crippen LogP contribution in [0.2, 0.25) is 0 Å². The Kier molecular flexibility index (Phi) is 6.50. The van der Waals surface area contributed by atoms with Crippen LogP contribution in [-0.2, 0) is 16.0 Å². The van der Waals surface area contributed by atoms with Gasteiger partial charge in [0.05, 0.1) is 0 Å². The van der Waals surface area contributed by atoms with Crippen molar-refractivity contribution in [2.45, 2.75) is 52.9 Å². The minimum Gasteiger partial charge on any atom is -0.342 e. The van der Waals surface area contributed by atoms with E-state index in [0.29, 0.717) is 17.0 Å². The molecule has 7 heteroatoms. The highest BCUT2D eigenvalue weighted by Crippen LogP contribution is 2.22. The van der Waals surface area contributed by atoms with E-state index in [1.54, 1.807) is 0 Å². The van der Waals surface area contributed by atoms with Gasteiger partial charge in [-0.05, 0) is 24.7 Å². The van der Waals surface area contributed by atoms with Crippen molar-refractivity contribution in [3.05, 3.63) is 5.01 Å². The van der Waals surface area contributed by atoms with E-state index in [0.717, 1.165) is 30.9 Å². The zero-order valence-corrected chi connectivity index (χ0v) is 15.0. The van der Waals surface area contributed by atoms with E-state index in [2.05, 4.69) is 36.3 Å². The Labute approximate surface area is 141 Å². The molecule has 2 rings (SSSR count). The maximum atomic E-state index is 12.3. The van der Waals surface area contributed by atoms with Crippen LogP contribution in [-0.4, -0.2) is 40.0 Å². The molecule has 0 radical (unpaired) electrons. The number of amides is 2. The minimum absolute atomic E-state index is 0.0717. The summed E-state index contributed by atoms with van der Waals surface area (Å²) in [7, 11) is 0. The van der Waals surface area contributed by atoms with Gasteiger partial charge in [0.25, 0.3) is 0 Å². The fraction of sp³-hybridized carbons (Fsp3) is 0.750. The number of aryl methyl sites for hydroxylation is 1. The van der Waals surface area contributed by atoms with Crippen LogP contribution in [0, 0.1) is 11.8 Å². The van der Waals surface area contributed by atoms with E-state index in [-0.39, 0.29) is 24.7 Å². The second-order valence-corrected chi connectivity index (χ2v) is 7.61. The number of carbonyl (C=O) groups is 2. The number of nitrogens with zero attached hydrogens (tertiary/aromatic N) is 3. The molecule has 0 unspecified atom stereocenters. The van der Waals surface area contributed by atoms with Crippen LogP contribution in [0.5, 0.6) is 0 Å². The van der Waals surface area contributed by atoms with Gasteiger partial charge in [-0.15, -0.1) is 10.2 Å². The summed E-state index contributed by atoms with van der Waals surface area (Å²) in [6.07, 6.45) is 3.50. The van der Waals surface area contributed by atoms with Crippen LogP contribution in [0.3, 0.4) is 0 Å². The molecule has 1 saturated heterocycles. The number of carbonyl (C=O) groups excluding carboxylic acids is 2. The van der Waals surface area contributed by atoms with E-state index in [9.17, 15) is 9.59 Å². The predicted octanol–water partition coefficient (Wildman–Crippen LogP) is 2.71. The minimum atomic E-state index is -0.171. The Bertz CT molecular complexity index is 536. The molecule has 2 atom stereocenters.